The molecule has 1 aromatic heterocycles. The van der Waals surface area contributed by atoms with Crippen molar-refractivity contribution in [1.29, 1.82) is 0 Å². The summed E-state index contributed by atoms with van der Waals surface area (Å²) in [6.07, 6.45) is 6.62. The average molecular weight is 220 g/mol. The van der Waals surface area contributed by atoms with Crippen LogP contribution in [0.25, 0.3) is 0 Å². The summed E-state index contributed by atoms with van der Waals surface area (Å²) in [5.74, 6) is 0.908. The minimum Gasteiger partial charge on any atom is -0.467 e. The highest BCUT2D eigenvalue weighted by Gasteiger charge is 2.39. The molecule has 2 saturated carbocycles. The van der Waals surface area contributed by atoms with Crippen LogP contribution in [-0.4, -0.2) is 22.9 Å². The van der Waals surface area contributed by atoms with Gasteiger partial charge in [0.2, 0.25) is 0 Å². The molecule has 0 saturated heterocycles. The molecule has 0 aromatic carbocycles. The van der Waals surface area contributed by atoms with Crippen molar-refractivity contribution in [2.45, 2.75) is 37.6 Å². The molecule has 0 bridgehead atoms. The highest BCUT2D eigenvalue weighted by Crippen LogP contribution is 2.42. The zero-order valence-electron chi connectivity index (χ0n) is 9.43. The maximum atomic E-state index is 11.7. The number of rotatable bonds is 4. The largest absolute Gasteiger partial charge is 0.467 e. The van der Waals surface area contributed by atoms with Crippen molar-refractivity contribution in [2.75, 3.05) is 7.11 Å². The molecule has 86 valence electrons. The first kappa shape index (κ1) is 9.87. The lowest BCUT2D eigenvalue weighted by atomic mass is 10.2. The first-order valence-electron chi connectivity index (χ1n) is 5.92. The molecule has 2 fully saturated rings. The molecule has 2 aliphatic rings. The monoisotopic (exact) mass is 220 g/mol. The summed E-state index contributed by atoms with van der Waals surface area (Å²) in [6.45, 7) is 0. The van der Waals surface area contributed by atoms with E-state index in [0.717, 1.165) is 18.5 Å². The minimum atomic E-state index is -0.197. The van der Waals surface area contributed by atoms with Crippen LogP contribution in [0.2, 0.25) is 0 Å². The molecule has 1 atom stereocenters. The Labute approximate surface area is 94.6 Å². The van der Waals surface area contributed by atoms with Crippen LogP contribution in [0, 0.1) is 5.92 Å². The van der Waals surface area contributed by atoms with E-state index in [1.165, 1.54) is 20.0 Å². The van der Waals surface area contributed by atoms with Gasteiger partial charge in [0, 0.05) is 12.1 Å². The molecule has 0 spiro atoms. The fourth-order valence-electron chi connectivity index (χ4n) is 2.15. The second kappa shape index (κ2) is 3.61. The van der Waals surface area contributed by atoms with Gasteiger partial charge in [0.15, 0.2) is 6.04 Å². The van der Waals surface area contributed by atoms with Gasteiger partial charge in [-0.15, -0.1) is 0 Å². The molecule has 4 heteroatoms. The number of methoxy groups -OCH3 is 1. The summed E-state index contributed by atoms with van der Waals surface area (Å²) in [5.41, 5.74) is 1.13. The quantitative estimate of drug-likeness (QED) is 0.728. The zero-order valence-corrected chi connectivity index (χ0v) is 9.43. The third kappa shape index (κ3) is 1.72. The first-order valence-corrected chi connectivity index (χ1v) is 5.92. The number of nitrogens with zero attached hydrogens (tertiary/aromatic N) is 2. The topological polar surface area (TPSA) is 44.1 Å². The summed E-state index contributed by atoms with van der Waals surface area (Å²) >= 11 is 0. The summed E-state index contributed by atoms with van der Waals surface area (Å²) in [5, 5.41) is 4.52. The Kier molecular flexibility index (Phi) is 2.23. The van der Waals surface area contributed by atoms with Crippen molar-refractivity contribution in [3.63, 3.8) is 0 Å². The molecule has 1 aromatic rings. The number of carbonyl (C=O) groups excluding carboxylic acids is 1. The van der Waals surface area contributed by atoms with Crippen LogP contribution < -0.4 is 0 Å². The number of carbonyl (C=O) groups is 1. The second-order valence-corrected chi connectivity index (χ2v) is 4.80. The lowest BCUT2D eigenvalue weighted by Crippen LogP contribution is -2.23. The van der Waals surface area contributed by atoms with Gasteiger partial charge >= 0.3 is 5.97 Å². The van der Waals surface area contributed by atoms with Crippen molar-refractivity contribution in [2.24, 2.45) is 5.92 Å². The highest BCUT2D eigenvalue weighted by molar-refractivity contribution is 5.74. The second-order valence-electron chi connectivity index (χ2n) is 4.80. The van der Waals surface area contributed by atoms with E-state index in [0.29, 0.717) is 11.8 Å². The molecular weight excluding hydrogens is 204 g/mol. The SMILES string of the molecule is COC(=O)C(C1CC1)n1ccc(C2CC2)n1. The summed E-state index contributed by atoms with van der Waals surface area (Å²) in [4.78, 5) is 11.7. The molecule has 0 N–H and O–H groups in total. The van der Waals surface area contributed by atoms with Crippen molar-refractivity contribution >= 4 is 5.97 Å². The van der Waals surface area contributed by atoms with Crippen molar-refractivity contribution in [3.05, 3.63) is 18.0 Å². The Morgan fingerprint density at radius 1 is 1.50 bits per heavy atom. The van der Waals surface area contributed by atoms with Gasteiger partial charge < -0.3 is 4.74 Å². The van der Waals surface area contributed by atoms with Gasteiger partial charge in [-0.3, -0.25) is 4.68 Å². The minimum absolute atomic E-state index is 0.159. The van der Waals surface area contributed by atoms with E-state index in [4.69, 9.17) is 4.74 Å². The van der Waals surface area contributed by atoms with Gasteiger partial charge in [-0.2, -0.15) is 5.10 Å². The van der Waals surface area contributed by atoms with E-state index >= 15 is 0 Å². The molecule has 2 aliphatic carbocycles. The van der Waals surface area contributed by atoms with E-state index < -0.39 is 0 Å². The smallest absolute Gasteiger partial charge is 0.330 e. The van der Waals surface area contributed by atoms with Gasteiger partial charge in [0.1, 0.15) is 0 Å². The maximum Gasteiger partial charge on any atom is 0.330 e. The third-order valence-electron chi connectivity index (χ3n) is 3.42. The Hall–Kier alpha value is -1.32. The van der Waals surface area contributed by atoms with Crippen molar-refractivity contribution in [1.82, 2.24) is 9.78 Å². The van der Waals surface area contributed by atoms with Gasteiger partial charge in [0.05, 0.1) is 12.8 Å². The predicted octanol–water partition coefficient (Wildman–Crippen LogP) is 1.88. The van der Waals surface area contributed by atoms with Crippen LogP contribution in [0.5, 0.6) is 0 Å². The fourth-order valence-corrected chi connectivity index (χ4v) is 2.15. The summed E-state index contributed by atoms with van der Waals surface area (Å²) < 4.78 is 6.66. The van der Waals surface area contributed by atoms with E-state index in [1.54, 1.807) is 4.68 Å². The predicted molar refractivity (Wildman–Crippen MR) is 58.0 cm³/mol. The third-order valence-corrected chi connectivity index (χ3v) is 3.42. The van der Waals surface area contributed by atoms with E-state index in [1.807, 2.05) is 12.3 Å². The normalized spacial score (nSPS) is 21.8. The van der Waals surface area contributed by atoms with E-state index in [-0.39, 0.29) is 12.0 Å². The maximum absolute atomic E-state index is 11.7. The number of ether oxygens (including phenoxy) is 1. The molecule has 3 rings (SSSR count). The molecule has 0 radical (unpaired) electrons. The van der Waals surface area contributed by atoms with Crippen molar-refractivity contribution in [3.8, 4) is 0 Å². The Bertz CT molecular complexity index is 405. The molecule has 1 unspecified atom stereocenters. The molecule has 16 heavy (non-hydrogen) atoms. The van der Waals surface area contributed by atoms with Crippen LogP contribution in [0.15, 0.2) is 12.3 Å². The number of hydrogen-bond donors (Lipinski definition) is 0. The molecular formula is C12H16N2O2. The van der Waals surface area contributed by atoms with Crippen LogP contribution in [0.3, 0.4) is 0 Å². The highest BCUT2D eigenvalue weighted by atomic mass is 16.5. The van der Waals surface area contributed by atoms with Gasteiger partial charge in [-0.25, -0.2) is 4.79 Å². The van der Waals surface area contributed by atoms with Gasteiger partial charge in [-0.05, 0) is 37.7 Å². The lowest BCUT2D eigenvalue weighted by Gasteiger charge is -2.13. The van der Waals surface area contributed by atoms with Crippen LogP contribution >= 0.6 is 0 Å². The summed E-state index contributed by atoms with van der Waals surface area (Å²) in [6, 6.07) is 1.84. The Balaban J connectivity index is 1.83. The van der Waals surface area contributed by atoms with E-state index in [9.17, 15) is 4.79 Å². The van der Waals surface area contributed by atoms with Crippen LogP contribution in [0.1, 0.15) is 43.3 Å². The first-order chi connectivity index (χ1) is 7.79. The fraction of sp³-hybridized carbons (Fsp3) is 0.667. The molecule has 0 amide bonds. The summed E-state index contributed by atoms with van der Waals surface area (Å²) in [7, 11) is 1.45. The van der Waals surface area contributed by atoms with Gasteiger partial charge in [0.25, 0.3) is 0 Å². The van der Waals surface area contributed by atoms with Gasteiger partial charge in [-0.1, -0.05) is 0 Å². The van der Waals surface area contributed by atoms with Crippen LogP contribution in [-0.2, 0) is 9.53 Å². The standard InChI is InChI=1S/C12H16N2O2/c1-16-12(15)11(9-4-5-9)14-7-6-10(13-14)8-2-3-8/h6-9,11H,2-5H2,1H3. The molecule has 0 aliphatic heterocycles. The van der Waals surface area contributed by atoms with Crippen LogP contribution in [0.4, 0.5) is 0 Å². The Morgan fingerprint density at radius 2 is 2.25 bits per heavy atom. The molecule has 4 nitrogen and oxygen atoms in total. The average Bonchev–Trinajstić information content (AvgIpc) is 3.19. The number of esters is 1. The van der Waals surface area contributed by atoms with Crippen molar-refractivity contribution < 1.29 is 9.53 Å². The number of aromatic nitrogens is 2. The molecule has 1 heterocycles. The zero-order chi connectivity index (χ0) is 11.1. The Morgan fingerprint density at radius 3 is 2.81 bits per heavy atom. The van der Waals surface area contributed by atoms with E-state index in [2.05, 4.69) is 5.10 Å². The lowest BCUT2D eigenvalue weighted by molar-refractivity contribution is -0.145. The number of hydrogen-bond acceptors (Lipinski definition) is 3.